The summed E-state index contributed by atoms with van der Waals surface area (Å²) in [4.78, 5) is 4.84. The van der Waals surface area contributed by atoms with Gasteiger partial charge in [0.25, 0.3) is 0 Å². The monoisotopic (exact) mass is 279 g/mol. The second kappa shape index (κ2) is 9.12. The minimum atomic E-state index is 0.124. The summed E-state index contributed by atoms with van der Waals surface area (Å²) in [6, 6.07) is 21.2. The molecule has 0 spiro atoms. The van der Waals surface area contributed by atoms with E-state index < -0.39 is 0 Å². The molecule has 0 heterocycles. The Morgan fingerprint density at radius 1 is 0.810 bits per heavy atom. The lowest BCUT2D eigenvalue weighted by Gasteiger charge is -2.13. The van der Waals surface area contributed by atoms with Crippen molar-refractivity contribution in [3.63, 3.8) is 0 Å². The van der Waals surface area contributed by atoms with Gasteiger partial charge in [-0.2, -0.15) is 0 Å². The normalized spacial score (nSPS) is 11.3. The van der Waals surface area contributed by atoms with E-state index in [1.54, 1.807) is 0 Å². The summed E-state index contributed by atoms with van der Waals surface area (Å²) in [7, 11) is 0. The molecule has 0 saturated heterocycles. The van der Waals surface area contributed by atoms with E-state index in [0.717, 1.165) is 6.42 Å². The largest absolute Gasteiger partial charge is 0.285 e. The SMILES string of the molecule is CCCCCCC=NC(c1ccccc1)c1ccccc1. The van der Waals surface area contributed by atoms with Crippen LogP contribution in [0.25, 0.3) is 0 Å². The topological polar surface area (TPSA) is 12.4 Å². The molecule has 1 nitrogen and oxygen atoms in total. The number of rotatable bonds is 8. The second-order valence-electron chi connectivity index (χ2n) is 5.40. The Labute approximate surface area is 128 Å². The van der Waals surface area contributed by atoms with Gasteiger partial charge < -0.3 is 0 Å². The molecule has 2 aromatic carbocycles. The van der Waals surface area contributed by atoms with Crippen LogP contribution in [0.5, 0.6) is 0 Å². The molecule has 1 heteroatoms. The number of unbranched alkanes of at least 4 members (excludes halogenated alkanes) is 4. The van der Waals surface area contributed by atoms with Crippen molar-refractivity contribution in [3.05, 3.63) is 71.8 Å². The van der Waals surface area contributed by atoms with Gasteiger partial charge in [-0.25, -0.2) is 0 Å². The molecule has 0 aliphatic heterocycles. The molecule has 2 rings (SSSR count). The maximum Gasteiger partial charge on any atom is 0.0995 e. The lowest BCUT2D eigenvalue weighted by Crippen LogP contribution is -1.98. The first-order chi connectivity index (χ1) is 10.4. The molecule has 0 radical (unpaired) electrons. The second-order valence-corrected chi connectivity index (χ2v) is 5.40. The molecule has 2 aromatic rings. The highest BCUT2D eigenvalue weighted by Crippen LogP contribution is 2.25. The quantitative estimate of drug-likeness (QED) is 0.426. The molecule has 0 amide bonds. The van der Waals surface area contributed by atoms with Crippen molar-refractivity contribution in [1.29, 1.82) is 0 Å². The van der Waals surface area contributed by atoms with E-state index in [1.165, 1.54) is 36.8 Å². The summed E-state index contributed by atoms with van der Waals surface area (Å²) in [5.41, 5.74) is 2.52. The Morgan fingerprint density at radius 2 is 1.38 bits per heavy atom. The third kappa shape index (κ3) is 5.18. The number of aliphatic imine (C=N–C) groups is 1. The molecule has 0 bridgehead atoms. The summed E-state index contributed by atoms with van der Waals surface area (Å²) in [6.07, 6.45) is 8.36. The zero-order valence-corrected chi connectivity index (χ0v) is 12.9. The van der Waals surface area contributed by atoms with E-state index in [9.17, 15) is 0 Å². The lowest BCUT2D eigenvalue weighted by molar-refractivity contribution is 0.684. The minimum Gasteiger partial charge on any atom is -0.285 e. The van der Waals surface area contributed by atoms with Crippen molar-refractivity contribution in [2.75, 3.05) is 0 Å². The van der Waals surface area contributed by atoms with Gasteiger partial charge in [0.15, 0.2) is 0 Å². The number of hydrogen-bond acceptors (Lipinski definition) is 1. The van der Waals surface area contributed by atoms with E-state index in [4.69, 9.17) is 4.99 Å². The fourth-order valence-corrected chi connectivity index (χ4v) is 2.48. The molecule has 21 heavy (non-hydrogen) atoms. The first-order valence-electron chi connectivity index (χ1n) is 8.03. The molecule has 0 fully saturated rings. The van der Waals surface area contributed by atoms with Gasteiger partial charge in [0.1, 0.15) is 0 Å². The molecule has 0 unspecified atom stereocenters. The Morgan fingerprint density at radius 3 is 1.90 bits per heavy atom. The van der Waals surface area contributed by atoms with Gasteiger partial charge in [0.05, 0.1) is 6.04 Å². The standard InChI is InChI=1S/C20H25N/c1-2-3-4-5-12-17-21-20(18-13-8-6-9-14-18)19-15-10-7-11-16-19/h6-11,13-17,20H,2-5,12H2,1H3. The van der Waals surface area contributed by atoms with Crippen molar-refractivity contribution >= 4 is 6.21 Å². The van der Waals surface area contributed by atoms with Crippen molar-refractivity contribution in [2.45, 2.75) is 45.1 Å². The van der Waals surface area contributed by atoms with Crippen LogP contribution >= 0.6 is 0 Å². The van der Waals surface area contributed by atoms with Crippen LogP contribution in [0.15, 0.2) is 65.7 Å². The van der Waals surface area contributed by atoms with Crippen LogP contribution in [0.3, 0.4) is 0 Å². The molecule has 110 valence electrons. The Balaban J connectivity index is 2.05. The first-order valence-corrected chi connectivity index (χ1v) is 8.03. The highest BCUT2D eigenvalue weighted by molar-refractivity contribution is 5.58. The summed E-state index contributed by atoms with van der Waals surface area (Å²) in [5, 5.41) is 0. The fraction of sp³-hybridized carbons (Fsp3) is 0.350. The number of hydrogen-bond donors (Lipinski definition) is 0. The summed E-state index contributed by atoms with van der Waals surface area (Å²) in [6.45, 7) is 2.24. The van der Waals surface area contributed by atoms with Gasteiger partial charge in [-0.05, 0) is 30.2 Å². The smallest absolute Gasteiger partial charge is 0.0995 e. The molecule has 0 aliphatic rings. The molecular weight excluding hydrogens is 254 g/mol. The fourth-order valence-electron chi connectivity index (χ4n) is 2.48. The molecule has 0 atom stereocenters. The maximum absolute atomic E-state index is 4.84. The maximum atomic E-state index is 4.84. The summed E-state index contributed by atoms with van der Waals surface area (Å²) in [5.74, 6) is 0. The highest BCUT2D eigenvalue weighted by Gasteiger charge is 2.10. The van der Waals surface area contributed by atoms with Crippen molar-refractivity contribution in [1.82, 2.24) is 0 Å². The van der Waals surface area contributed by atoms with Gasteiger partial charge in [-0.1, -0.05) is 86.8 Å². The summed E-state index contributed by atoms with van der Waals surface area (Å²) >= 11 is 0. The van der Waals surface area contributed by atoms with Crippen LogP contribution < -0.4 is 0 Å². The number of benzene rings is 2. The van der Waals surface area contributed by atoms with Crippen molar-refractivity contribution in [3.8, 4) is 0 Å². The van der Waals surface area contributed by atoms with Crippen molar-refractivity contribution < 1.29 is 0 Å². The molecule has 0 aromatic heterocycles. The molecule has 0 N–H and O–H groups in total. The Kier molecular flexibility index (Phi) is 6.73. The van der Waals surface area contributed by atoms with E-state index in [0.29, 0.717) is 0 Å². The minimum absolute atomic E-state index is 0.124. The van der Waals surface area contributed by atoms with Crippen LogP contribution in [0.2, 0.25) is 0 Å². The van der Waals surface area contributed by atoms with Crippen LogP contribution in [0.1, 0.15) is 56.2 Å². The van der Waals surface area contributed by atoms with Gasteiger partial charge in [0.2, 0.25) is 0 Å². The van der Waals surface area contributed by atoms with Gasteiger partial charge >= 0.3 is 0 Å². The van der Waals surface area contributed by atoms with Crippen LogP contribution in [0, 0.1) is 0 Å². The van der Waals surface area contributed by atoms with E-state index in [1.807, 2.05) is 0 Å². The predicted molar refractivity (Wildman–Crippen MR) is 92.0 cm³/mol. The predicted octanol–water partition coefficient (Wildman–Crippen LogP) is 5.82. The van der Waals surface area contributed by atoms with Gasteiger partial charge in [0, 0.05) is 0 Å². The van der Waals surface area contributed by atoms with E-state index in [2.05, 4.69) is 73.8 Å². The van der Waals surface area contributed by atoms with Gasteiger partial charge in [-0.3, -0.25) is 4.99 Å². The molecular formula is C20H25N. The van der Waals surface area contributed by atoms with Crippen LogP contribution in [-0.4, -0.2) is 6.21 Å². The van der Waals surface area contributed by atoms with Crippen molar-refractivity contribution in [2.24, 2.45) is 4.99 Å². The lowest BCUT2D eigenvalue weighted by atomic mass is 9.99. The Hall–Kier alpha value is -1.89. The number of nitrogens with zero attached hydrogens (tertiary/aromatic N) is 1. The third-order valence-corrected chi connectivity index (χ3v) is 3.67. The van der Waals surface area contributed by atoms with E-state index in [-0.39, 0.29) is 6.04 Å². The summed E-state index contributed by atoms with van der Waals surface area (Å²) < 4.78 is 0. The average molecular weight is 279 g/mol. The zero-order chi connectivity index (χ0) is 14.8. The van der Waals surface area contributed by atoms with Crippen LogP contribution in [-0.2, 0) is 0 Å². The van der Waals surface area contributed by atoms with Crippen LogP contribution in [0.4, 0.5) is 0 Å². The first kappa shape index (κ1) is 15.5. The highest BCUT2D eigenvalue weighted by atomic mass is 14.8. The Bertz CT molecular complexity index is 477. The third-order valence-electron chi connectivity index (χ3n) is 3.67. The van der Waals surface area contributed by atoms with E-state index >= 15 is 0 Å². The molecule has 0 aliphatic carbocycles. The average Bonchev–Trinajstić information content (AvgIpc) is 2.56. The zero-order valence-electron chi connectivity index (χ0n) is 12.9. The van der Waals surface area contributed by atoms with Gasteiger partial charge in [-0.15, -0.1) is 0 Å². The molecule has 0 saturated carbocycles.